The standard InChI is InChI=1S/C16H25FN4O/c1-5-12-13(17)14(19-11-18-12)20-7-6-8-21(10-9-20)15(22)16(2,3)4/h11H,5-10H2,1-4H3. The topological polar surface area (TPSA) is 49.3 Å². The normalized spacial score (nSPS) is 16.6. The fraction of sp³-hybridized carbons (Fsp3) is 0.688. The van der Waals surface area contributed by atoms with Crippen LogP contribution in [0.3, 0.4) is 0 Å². The van der Waals surface area contributed by atoms with Crippen LogP contribution < -0.4 is 4.90 Å². The van der Waals surface area contributed by atoms with E-state index in [4.69, 9.17) is 0 Å². The third-order valence-electron chi connectivity index (χ3n) is 3.90. The van der Waals surface area contributed by atoms with Crippen molar-refractivity contribution in [3.8, 4) is 0 Å². The van der Waals surface area contributed by atoms with Crippen molar-refractivity contribution in [2.24, 2.45) is 5.41 Å². The van der Waals surface area contributed by atoms with Gasteiger partial charge in [-0.25, -0.2) is 14.4 Å². The van der Waals surface area contributed by atoms with Crippen LogP contribution in [-0.2, 0) is 11.2 Å². The highest BCUT2D eigenvalue weighted by Crippen LogP contribution is 2.22. The summed E-state index contributed by atoms with van der Waals surface area (Å²) in [5.74, 6) is 0.171. The molecule has 6 heteroatoms. The molecule has 5 nitrogen and oxygen atoms in total. The van der Waals surface area contributed by atoms with E-state index in [1.807, 2.05) is 37.5 Å². The number of carbonyl (C=O) groups excluding carboxylic acids is 1. The van der Waals surface area contributed by atoms with Gasteiger partial charge in [-0.1, -0.05) is 27.7 Å². The van der Waals surface area contributed by atoms with E-state index in [9.17, 15) is 9.18 Å². The third-order valence-corrected chi connectivity index (χ3v) is 3.90. The van der Waals surface area contributed by atoms with Crippen molar-refractivity contribution in [1.82, 2.24) is 14.9 Å². The van der Waals surface area contributed by atoms with E-state index in [0.29, 0.717) is 44.1 Å². The minimum absolute atomic E-state index is 0.145. The summed E-state index contributed by atoms with van der Waals surface area (Å²) >= 11 is 0. The van der Waals surface area contributed by atoms with Crippen LogP contribution in [0.1, 0.15) is 39.8 Å². The average molecular weight is 308 g/mol. The van der Waals surface area contributed by atoms with Gasteiger partial charge in [0, 0.05) is 31.6 Å². The fourth-order valence-electron chi connectivity index (χ4n) is 2.67. The van der Waals surface area contributed by atoms with Crippen LogP contribution in [0.5, 0.6) is 0 Å². The molecule has 1 saturated heterocycles. The minimum atomic E-state index is -0.384. The first kappa shape index (κ1) is 16.6. The van der Waals surface area contributed by atoms with Crippen LogP contribution in [0.4, 0.5) is 10.2 Å². The van der Waals surface area contributed by atoms with Crippen LogP contribution >= 0.6 is 0 Å². The Labute approximate surface area is 131 Å². The number of nitrogens with zero attached hydrogens (tertiary/aromatic N) is 4. The zero-order chi connectivity index (χ0) is 16.3. The van der Waals surface area contributed by atoms with E-state index in [2.05, 4.69) is 9.97 Å². The summed E-state index contributed by atoms with van der Waals surface area (Å²) in [5.41, 5.74) is 0.0573. The van der Waals surface area contributed by atoms with Gasteiger partial charge in [0.05, 0.1) is 5.69 Å². The number of anilines is 1. The molecule has 1 aliphatic heterocycles. The second kappa shape index (κ2) is 6.58. The Balaban J connectivity index is 2.13. The molecule has 0 N–H and O–H groups in total. The van der Waals surface area contributed by atoms with E-state index in [0.717, 1.165) is 6.42 Å². The summed E-state index contributed by atoms with van der Waals surface area (Å²) in [6.07, 6.45) is 2.77. The lowest BCUT2D eigenvalue weighted by molar-refractivity contribution is -0.139. The second-order valence-electron chi connectivity index (χ2n) is 6.69. The van der Waals surface area contributed by atoms with Gasteiger partial charge in [-0.15, -0.1) is 0 Å². The Morgan fingerprint density at radius 3 is 2.59 bits per heavy atom. The Bertz CT molecular complexity index is 541. The number of carbonyl (C=O) groups is 1. The molecule has 1 amide bonds. The van der Waals surface area contributed by atoms with Crippen LogP contribution in [0.25, 0.3) is 0 Å². The van der Waals surface area contributed by atoms with E-state index in [1.165, 1.54) is 6.33 Å². The third kappa shape index (κ3) is 3.54. The van der Waals surface area contributed by atoms with Crippen molar-refractivity contribution in [2.45, 2.75) is 40.5 Å². The van der Waals surface area contributed by atoms with Crippen LogP contribution in [0, 0.1) is 11.2 Å². The summed E-state index contributed by atoms with van der Waals surface area (Å²) in [5, 5.41) is 0. The number of amides is 1. The highest BCUT2D eigenvalue weighted by Gasteiger charge is 2.29. The first-order valence-electron chi connectivity index (χ1n) is 7.88. The lowest BCUT2D eigenvalue weighted by Gasteiger charge is -2.28. The smallest absolute Gasteiger partial charge is 0.228 e. The summed E-state index contributed by atoms with van der Waals surface area (Å²) in [7, 11) is 0. The van der Waals surface area contributed by atoms with Crippen molar-refractivity contribution < 1.29 is 9.18 Å². The molecule has 1 aromatic rings. The number of aryl methyl sites for hydroxylation is 1. The quantitative estimate of drug-likeness (QED) is 0.841. The number of aromatic nitrogens is 2. The van der Waals surface area contributed by atoms with E-state index < -0.39 is 0 Å². The SMILES string of the molecule is CCc1ncnc(N2CCCN(C(=O)C(C)(C)C)CC2)c1F. The highest BCUT2D eigenvalue weighted by atomic mass is 19.1. The lowest BCUT2D eigenvalue weighted by Crippen LogP contribution is -2.41. The molecular weight excluding hydrogens is 283 g/mol. The predicted octanol–water partition coefficient (Wildman–Crippen LogP) is 2.26. The number of halogens is 1. The van der Waals surface area contributed by atoms with Gasteiger partial charge in [0.1, 0.15) is 6.33 Å². The van der Waals surface area contributed by atoms with Crippen molar-refractivity contribution in [3.05, 3.63) is 17.8 Å². The van der Waals surface area contributed by atoms with Gasteiger partial charge < -0.3 is 9.80 Å². The number of hydrogen-bond acceptors (Lipinski definition) is 4. The zero-order valence-electron chi connectivity index (χ0n) is 13.9. The summed E-state index contributed by atoms with van der Waals surface area (Å²) in [6.45, 7) is 10.3. The van der Waals surface area contributed by atoms with E-state index >= 15 is 0 Å². The highest BCUT2D eigenvalue weighted by molar-refractivity contribution is 5.81. The second-order valence-corrected chi connectivity index (χ2v) is 6.69. The van der Waals surface area contributed by atoms with E-state index in [-0.39, 0.29) is 17.1 Å². The molecule has 0 bridgehead atoms. The summed E-state index contributed by atoms with van der Waals surface area (Å²) in [4.78, 5) is 24.3. The monoisotopic (exact) mass is 308 g/mol. The molecule has 0 aromatic carbocycles. The first-order valence-corrected chi connectivity index (χ1v) is 7.88. The Morgan fingerprint density at radius 1 is 1.23 bits per heavy atom. The molecular formula is C16H25FN4O. The molecule has 1 fully saturated rings. The van der Waals surface area contributed by atoms with Crippen LogP contribution in [0.15, 0.2) is 6.33 Å². The van der Waals surface area contributed by atoms with Crippen molar-refractivity contribution in [3.63, 3.8) is 0 Å². The van der Waals surface area contributed by atoms with Crippen molar-refractivity contribution >= 4 is 11.7 Å². The van der Waals surface area contributed by atoms with Gasteiger partial charge in [0.25, 0.3) is 0 Å². The molecule has 0 radical (unpaired) electrons. The van der Waals surface area contributed by atoms with Gasteiger partial charge in [-0.05, 0) is 12.8 Å². The molecule has 1 aliphatic rings. The maximum absolute atomic E-state index is 14.4. The molecule has 0 unspecified atom stereocenters. The molecule has 0 saturated carbocycles. The molecule has 22 heavy (non-hydrogen) atoms. The number of rotatable bonds is 2. The van der Waals surface area contributed by atoms with Crippen molar-refractivity contribution in [1.29, 1.82) is 0 Å². The summed E-state index contributed by atoms with van der Waals surface area (Å²) in [6, 6.07) is 0. The first-order chi connectivity index (χ1) is 10.3. The molecule has 1 aromatic heterocycles. The molecule has 0 aliphatic carbocycles. The fourth-order valence-corrected chi connectivity index (χ4v) is 2.67. The Morgan fingerprint density at radius 2 is 1.95 bits per heavy atom. The lowest BCUT2D eigenvalue weighted by atomic mass is 9.94. The van der Waals surface area contributed by atoms with Gasteiger partial charge in [-0.3, -0.25) is 4.79 Å². The molecule has 2 rings (SSSR count). The summed E-state index contributed by atoms with van der Waals surface area (Å²) < 4.78 is 14.4. The molecule has 0 atom stereocenters. The maximum atomic E-state index is 14.4. The predicted molar refractivity (Wildman–Crippen MR) is 84.2 cm³/mol. The average Bonchev–Trinajstić information content (AvgIpc) is 2.71. The maximum Gasteiger partial charge on any atom is 0.228 e. The van der Waals surface area contributed by atoms with E-state index in [1.54, 1.807) is 0 Å². The Hall–Kier alpha value is -1.72. The van der Waals surface area contributed by atoms with Gasteiger partial charge in [0.15, 0.2) is 11.6 Å². The number of hydrogen-bond donors (Lipinski definition) is 0. The van der Waals surface area contributed by atoms with Gasteiger partial charge >= 0.3 is 0 Å². The van der Waals surface area contributed by atoms with Crippen LogP contribution in [-0.4, -0.2) is 47.0 Å². The van der Waals surface area contributed by atoms with Gasteiger partial charge in [-0.2, -0.15) is 0 Å². The molecule has 122 valence electrons. The Kier molecular flexibility index (Phi) is 4.98. The van der Waals surface area contributed by atoms with Crippen LogP contribution in [0.2, 0.25) is 0 Å². The zero-order valence-corrected chi connectivity index (χ0v) is 13.9. The molecule has 0 spiro atoms. The minimum Gasteiger partial charge on any atom is -0.352 e. The van der Waals surface area contributed by atoms with Crippen molar-refractivity contribution in [2.75, 3.05) is 31.1 Å². The van der Waals surface area contributed by atoms with Gasteiger partial charge in [0.2, 0.25) is 5.91 Å². The largest absolute Gasteiger partial charge is 0.352 e. The molecule has 2 heterocycles.